The molecule has 2 aromatic rings. The number of hydrogen-bond donors (Lipinski definition) is 1. The standard InChI is InChI=1S/C27H32Cl2N4O3/c1-3-33-23(18-32-14-12-31(13-15-32)17-19-8-6-5-7-9-19)24(26(34)36-4-2)25(30-27(33)35)20-10-11-21(28)22(29)16-20/h5-11,16,25H,3-4,12-15,17-18H2,1-2H3,(H,30,35)/t25-/m1/s1. The molecule has 0 saturated carbocycles. The molecule has 0 aromatic heterocycles. The van der Waals surface area contributed by atoms with Crippen LogP contribution in [-0.4, -0.2) is 72.6 Å². The van der Waals surface area contributed by atoms with E-state index in [4.69, 9.17) is 27.9 Å². The van der Waals surface area contributed by atoms with Gasteiger partial charge in [0.15, 0.2) is 0 Å². The third-order valence-corrected chi connectivity index (χ3v) is 7.35. The van der Waals surface area contributed by atoms with Crippen molar-refractivity contribution in [3.63, 3.8) is 0 Å². The van der Waals surface area contributed by atoms with E-state index in [9.17, 15) is 9.59 Å². The molecule has 0 spiro atoms. The van der Waals surface area contributed by atoms with E-state index in [0.717, 1.165) is 32.7 Å². The maximum absolute atomic E-state index is 13.3. The fourth-order valence-corrected chi connectivity index (χ4v) is 5.07. The zero-order valence-electron chi connectivity index (χ0n) is 20.7. The number of nitrogens with zero attached hydrogens (tertiary/aromatic N) is 3. The van der Waals surface area contributed by atoms with Crippen molar-refractivity contribution in [2.75, 3.05) is 45.9 Å². The Morgan fingerprint density at radius 1 is 0.972 bits per heavy atom. The minimum atomic E-state index is -0.677. The van der Waals surface area contributed by atoms with Gasteiger partial charge in [-0.3, -0.25) is 14.7 Å². The Morgan fingerprint density at radius 2 is 1.64 bits per heavy atom. The number of nitrogens with one attached hydrogen (secondary N) is 1. The van der Waals surface area contributed by atoms with Crippen molar-refractivity contribution in [3.05, 3.63) is 81.0 Å². The SMILES string of the molecule is CCOC(=O)C1=C(CN2CCN(Cc3ccccc3)CC2)N(CC)C(=O)N[C@@H]1c1ccc(Cl)c(Cl)c1. The molecule has 2 amide bonds. The highest BCUT2D eigenvalue weighted by Gasteiger charge is 2.38. The van der Waals surface area contributed by atoms with Crippen LogP contribution in [0.1, 0.15) is 31.0 Å². The van der Waals surface area contributed by atoms with Gasteiger partial charge >= 0.3 is 12.0 Å². The van der Waals surface area contributed by atoms with Crippen LogP contribution in [0.3, 0.4) is 0 Å². The summed E-state index contributed by atoms with van der Waals surface area (Å²) >= 11 is 12.4. The van der Waals surface area contributed by atoms with Crippen LogP contribution in [0.5, 0.6) is 0 Å². The average molecular weight is 531 g/mol. The second-order valence-corrected chi connectivity index (χ2v) is 9.73. The fourth-order valence-electron chi connectivity index (χ4n) is 4.76. The zero-order valence-corrected chi connectivity index (χ0v) is 22.2. The molecule has 0 aliphatic carbocycles. The molecule has 2 aliphatic rings. The van der Waals surface area contributed by atoms with Crippen LogP contribution < -0.4 is 5.32 Å². The monoisotopic (exact) mass is 530 g/mol. The predicted octanol–water partition coefficient (Wildman–Crippen LogP) is 4.71. The van der Waals surface area contributed by atoms with E-state index in [1.807, 2.05) is 13.0 Å². The van der Waals surface area contributed by atoms with Crippen LogP contribution in [0.4, 0.5) is 4.79 Å². The minimum Gasteiger partial charge on any atom is -0.463 e. The summed E-state index contributed by atoms with van der Waals surface area (Å²) in [7, 11) is 0. The van der Waals surface area contributed by atoms with Crippen molar-refractivity contribution in [2.45, 2.75) is 26.4 Å². The first-order chi connectivity index (χ1) is 17.4. The highest BCUT2D eigenvalue weighted by Crippen LogP contribution is 2.34. The summed E-state index contributed by atoms with van der Waals surface area (Å²) in [5, 5.41) is 3.74. The number of carbonyl (C=O) groups is 2. The number of halogens is 2. The number of urea groups is 1. The molecule has 1 N–H and O–H groups in total. The summed E-state index contributed by atoms with van der Waals surface area (Å²) in [4.78, 5) is 32.8. The number of piperazine rings is 1. The maximum Gasteiger partial charge on any atom is 0.338 e. The Hall–Kier alpha value is -2.58. The first-order valence-corrected chi connectivity index (χ1v) is 13.1. The lowest BCUT2D eigenvalue weighted by atomic mass is 9.94. The lowest BCUT2D eigenvalue weighted by molar-refractivity contribution is -0.139. The first kappa shape index (κ1) is 26.5. The number of hydrogen-bond acceptors (Lipinski definition) is 5. The molecule has 1 atom stereocenters. The van der Waals surface area contributed by atoms with Crippen LogP contribution in [0.25, 0.3) is 0 Å². The van der Waals surface area contributed by atoms with E-state index in [0.29, 0.717) is 40.0 Å². The van der Waals surface area contributed by atoms with Crippen molar-refractivity contribution in [1.82, 2.24) is 20.0 Å². The van der Waals surface area contributed by atoms with Gasteiger partial charge in [-0.1, -0.05) is 59.6 Å². The Balaban J connectivity index is 1.60. The Bertz CT molecular complexity index is 1120. The normalized spacial score (nSPS) is 19.4. The molecule has 36 heavy (non-hydrogen) atoms. The molecular weight excluding hydrogens is 499 g/mol. The topological polar surface area (TPSA) is 65.1 Å². The van der Waals surface area contributed by atoms with Crippen molar-refractivity contribution >= 4 is 35.2 Å². The van der Waals surface area contributed by atoms with Gasteiger partial charge in [0.25, 0.3) is 0 Å². The minimum absolute atomic E-state index is 0.238. The number of carbonyl (C=O) groups excluding carboxylic acids is 2. The van der Waals surface area contributed by atoms with Gasteiger partial charge in [0.1, 0.15) is 0 Å². The van der Waals surface area contributed by atoms with Crippen LogP contribution in [-0.2, 0) is 16.1 Å². The van der Waals surface area contributed by atoms with Crippen molar-refractivity contribution in [3.8, 4) is 0 Å². The number of rotatable bonds is 8. The molecular formula is C27H32Cl2N4O3. The summed E-state index contributed by atoms with van der Waals surface area (Å²) in [6.07, 6.45) is 0. The molecule has 1 fully saturated rings. The van der Waals surface area contributed by atoms with Gasteiger partial charge in [0, 0.05) is 51.5 Å². The lowest BCUT2D eigenvalue weighted by Crippen LogP contribution is -2.53. The van der Waals surface area contributed by atoms with E-state index in [1.54, 1.807) is 30.0 Å². The Morgan fingerprint density at radius 3 is 2.25 bits per heavy atom. The fraction of sp³-hybridized carbons (Fsp3) is 0.407. The van der Waals surface area contributed by atoms with Crippen molar-refractivity contribution in [1.29, 1.82) is 0 Å². The zero-order chi connectivity index (χ0) is 25.7. The molecule has 2 heterocycles. The molecule has 0 unspecified atom stereocenters. The largest absolute Gasteiger partial charge is 0.463 e. The predicted molar refractivity (Wildman–Crippen MR) is 142 cm³/mol. The molecule has 0 radical (unpaired) electrons. The summed E-state index contributed by atoms with van der Waals surface area (Å²) in [5.41, 5.74) is 3.08. The van der Waals surface area contributed by atoms with Crippen molar-refractivity contribution in [2.24, 2.45) is 0 Å². The van der Waals surface area contributed by atoms with Gasteiger partial charge < -0.3 is 10.1 Å². The molecule has 7 nitrogen and oxygen atoms in total. The van der Waals surface area contributed by atoms with Crippen molar-refractivity contribution < 1.29 is 14.3 Å². The van der Waals surface area contributed by atoms with Gasteiger partial charge in [-0.2, -0.15) is 0 Å². The van der Waals surface area contributed by atoms with Gasteiger partial charge in [0.05, 0.1) is 28.3 Å². The summed E-state index contributed by atoms with van der Waals surface area (Å²) in [5.74, 6) is -0.440. The van der Waals surface area contributed by atoms with E-state index in [1.165, 1.54) is 5.56 Å². The number of esters is 1. The van der Waals surface area contributed by atoms with E-state index in [-0.39, 0.29) is 12.6 Å². The molecule has 1 saturated heterocycles. The smallest absolute Gasteiger partial charge is 0.338 e. The third kappa shape index (κ3) is 6.03. The molecule has 2 aromatic carbocycles. The summed E-state index contributed by atoms with van der Waals surface area (Å²) < 4.78 is 5.46. The second-order valence-electron chi connectivity index (χ2n) is 8.92. The van der Waals surface area contributed by atoms with Crippen LogP contribution >= 0.6 is 23.2 Å². The number of likely N-dealkylation sites (N-methyl/N-ethyl adjacent to an activating group) is 1. The Kier molecular flexibility index (Phi) is 8.90. The highest BCUT2D eigenvalue weighted by atomic mass is 35.5. The third-order valence-electron chi connectivity index (χ3n) is 6.61. The molecule has 192 valence electrons. The summed E-state index contributed by atoms with van der Waals surface area (Å²) in [6, 6.07) is 14.7. The van der Waals surface area contributed by atoms with Gasteiger partial charge in [-0.25, -0.2) is 9.59 Å². The van der Waals surface area contributed by atoms with E-state index in [2.05, 4.69) is 39.4 Å². The van der Waals surface area contributed by atoms with Gasteiger partial charge in [0.2, 0.25) is 0 Å². The number of ether oxygens (including phenoxy) is 1. The average Bonchev–Trinajstić information content (AvgIpc) is 2.87. The quantitative estimate of drug-likeness (QED) is 0.500. The number of amides is 2. The van der Waals surface area contributed by atoms with Crippen LogP contribution in [0.2, 0.25) is 10.0 Å². The first-order valence-electron chi connectivity index (χ1n) is 12.3. The van der Waals surface area contributed by atoms with Crippen LogP contribution in [0, 0.1) is 0 Å². The van der Waals surface area contributed by atoms with E-state index >= 15 is 0 Å². The maximum atomic E-state index is 13.3. The van der Waals surface area contributed by atoms with E-state index < -0.39 is 12.0 Å². The Labute approximate surface area is 222 Å². The molecule has 2 aliphatic heterocycles. The van der Waals surface area contributed by atoms with Crippen LogP contribution in [0.15, 0.2) is 59.8 Å². The highest BCUT2D eigenvalue weighted by molar-refractivity contribution is 6.42. The lowest BCUT2D eigenvalue weighted by Gasteiger charge is -2.40. The van der Waals surface area contributed by atoms with Gasteiger partial charge in [-0.05, 0) is 37.1 Å². The second kappa shape index (κ2) is 12.1. The molecule has 9 heteroatoms. The molecule has 4 rings (SSSR count). The molecule has 0 bridgehead atoms. The van der Waals surface area contributed by atoms with Gasteiger partial charge in [-0.15, -0.1) is 0 Å². The number of benzene rings is 2. The summed E-state index contributed by atoms with van der Waals surface area (Å²) in [6.45, 7) is 9.23.